The Balaban J connectivity index is 0.000000335. The van der Waals surface area contributed by atoms with Crippen LogP contribution in [0.1, 0.15) is 68.3 Å². The molecule has 0 aliphatic carbocycles. The second-order valence-corrected chi connectivity index (χ2v) is 8.59. The quantitative estimate of drug-likeness (QED) is 0.209. The number of ketones is 1. The summed E-state index contributed by atoms with van der Waals surface area (Å²) in [5, 5.41) is 2.20. The number of rotatable bonds is 5. The van der Waals surface area contributed by atoms with Gasteiger partial charge < -0.3 is 5.32 Å². The van der Waals surface area contributed by atoms with Crippen LogP contribution in [-0.2, 0) is 0 Å². The molecule has 3 rings (SSSR count). The molecule has 0 aromatic heterocycles. The summed E-state index contributed by atoms with van der Waals surface area (Å²) in [5.74, 6) is -7.01. The summed E-state index contributed by atoms with van der Waals surface area (Å²) < 4.78 is 80.4. The third kappa shape index (κ3) is 6.21. The molecule has 0 fully saturated rings. The Morgan fingerprint density at radius 1 is 0.595 bits per heavy atom. The molecular weight excluding hydrogens is 496 g/mol. The lowest BCUT2D eigenvalue weighted by Crippen LogP contribution is -2.16. The molecule has 0 bridgehead atoms. The minimum absolute atomic E-state index is 0.0376. The fraction of sp³-hybridized carbons (Fsp3) is 0.286. The first-order valence-electron chi connectivity index (χ1n) is 11.4. The average molecular weight is 524 g/mol. The summed E-state index contributed by atoms with van der Waals surface area (Å²) in [4.78, 5) is 24.0. The van der Waals surface area contributed by atoms with Gasteiger partial charge in [-0.3, -0.25) is 9.59 Å². The van der Waals surface area contributed by atoms with Crippen LogP contribution >= 0.6 is 0 Å². The first kappa shape index (κ1) is 29.6. The summed E-state index contributed by atoms with van der Waals surface area (Å²) in [6.45, 7) is 8.28. The monoisotopic (exact) mass is 523 g/mol. The van der Waals surface area contributed by atoms with Crippen molar-refractivity contribution in [2.45, 2.75) is 54.4 Å². The minimum Gasteiger partial charge on any atom is -0.319 e. The van der Waals surface area contributed by atoms with Gasteiger partial charge in [-0.15, -0.1) is 0 Å². The van der Waals surface area contributed by atoms with Crippen molar-refractivity contribution in [2.24, 2.45) is 0 Å². The van der Waals surface area contributed by atoms with Gasteiger partial charge in [0.25, 0.3) is 5.91 Å². The van der Waals surface area contributed by atoms with Crippen molar-refractivity contribution >= 4 is 17.4 Å². The molecule has 0 unspecified atom stereocenters. The van der Waals surface area contributed by atoms with Gasteiger partial charge in [0, 0.05) is 34.2 Å². The van der Waals surface area contributed by atoms with Gasteiger partial charge in [0.1, 0.15) is 11.6 Å². The Hall–Kier alpha value is -3.62. The lowest BCUT2D eigenvalue weighted by Gasteiger charge is -2.13. The smallest absolute Gasteiger partial charge is 0.255 e. The molecule has 37 heavy (non-hydrogen) atoms. The van der Waals surface area contributed by atoms with Crippen LogP contribution in [0.25, 0.3) is 0 Å². The van der Waals surface area contributed by atoms with E-state index in [9.17, 15) is 35.9 Å². The molecule has 198 valence electrons. The van der Waals surface area contributed by atoms with Gasteiger partial charge in [0.05, 0.1) is 5.69 Å². The van der Waals surface area contributed by atoms with E-state index in [0.29, 0.717) is 18.4 Å². The molecule has 0 aliphatic heterocycles. The molecule has 9 heteroatoms. The number of nitrogens with one attached hydrogen (secondary N) is 1. The summed E-state index contributed by atoms with van der Waals surface area (Å²) >= 11 is 0. The van der Waals surface area contributed by atoms with E-state index in [4.69, 9.17) is 0 Å². The number of benzene rings is 3. The van der Waals surface area contributed by atoms with Gasteiger partial charge in [-0.25, -0.2) is 26.3 Å². The maximum Gasteiger partial charge on any atom is 0.255 e. The molecule has 0 spiro atoms. The number of amides is 1. The van der Waals surface area contributed by atoms with Crippen molar-refractivity contribution in [3.63, 3.8) is 0 Å². The van der Waals surface area contributed by atoms with Gasteiger partial charge in [-0.2, -0.15) is 0 Å². The topological polar surface area (TPSA) is 46.2 Å². The SMILES string of the molecule is CCCC(=O)c1ccc(C(=O)Nc2c(C)c(F)c(C)c(F)c2F)cc1.Cc1c(C)c(F)c(F)c(C)c1F. The Morgan fingerprint density at radius 2 is 1.00 bits per heavy atom. The normalized spacial score (nSPS) is 10.6. The second kappa shape index (κ2) is 12.1. The molecule has 0 atom stereocenters. The van der Waals surface area contributed by atoms with E-state index in [1.54, 1.807) is 0 Å². The van der Waals surface area contributed by atoms with Crippen LogP contribution in [0.3, 0.4) is 0 Å². The van der Waals surface area contributed by atoms with Crippen LogP contribution in [-0.4, -0.2) is 11.7 Å². The van der Waals surface area contributed by atoms with Crippen LogP contribution in [0.5, 0.6) is 0 Å². The van der Waals surface area contributed by atoms with Gasteiger partial charge in [0.15, 0.2) is 29.1 Å². The molecular formula is C28H27F6NO2. The number of anilines is 1. The van der Waals surface area contributed by atoms with Crippen molar-refractivity contribution in [1.82, 2.24) is 0 Å². The number of carbonyl (C=O) groups excluding carboxylic acids is 2. The molecule has 0 heterocycles. The average Bonchev–Trinajstić information content (AvgIpc) is 2.90. The Morgan fingerprint density at radius 3 is 1.51 bits per heavy atom. The molecule has 0 saturated carbocycles. The predicted octanol–water partition coefficient (Wildman–Crippen LogP) is 7.99. The number of halogens is 6. The van der Waals surface area contributed by atoms with Crippen molar-refractivity contribution in [3.05, 3.63) is 98.1 Å². The number of hydrogen-bond acceptors (Lipinski definition) is 2. The summed E-state index contributed by atoms with van der Waals surface area (Å²) in [7, 11) is 0. The molecule has 3 aromatic rings. The lowest BCUT2D eigenvalue weighted by molar-refractivity contribution is 0.0978. The maximum atomic E-state index is 14.0. The van der Waals surface area contributed by atoms with Crippen LogP contribution < -0.4 is 5.32 Å². The number of Topliss-reactive ketones (excluding diaryl/α,β-unsaturated/α-hetero) is 1. The van der Waals surface area contributed by atoms with Crippen LogP contribution in [0.2, 0.25) is 0 Å². The van der Waals surface area contributed by atoms with Gasteiger partial charge >= 0.3 is 0 Å². The highest BCUT2D eigenvalue weighted by atomic mass is 19.2. The molecule has 3 nitrogen and oxygen atoms in total. The zero-order valence-corrected chi connectivity index (χ0v) is 21.3. The van der Waals surface area contributed by atoms with E-state index in [0.717, 1.165) is 6.92 Å². The Bertz CT molecular complexity index is 1220. The largest absolute Gasteiger partial charge is 0.319 e. The van der Waals surface area contributed by atoms with Crippen LogP contribution in [0.4, 0.5) is 32.0 Å². The standard InChI is InChI=1S/C19H18F3NO2.C9H9F3/c1-4-5-14(24)12-6-8-13(9-7-12)19(25)23-18-11(3)15(20)10(2)16(21)17(18)22;1-4-5(2)8(11)9(12)6(3)7(4)10/h6-9H,4-5H2,1-3H3,(H,23,25);1-3H3. The third-order valence-corrected chi connectivity index (χ3v) is 6.03. The summed E-state index contributed by atoms with van der Waals surface area (Å²) in [6, 6.07) is 5.80. The molecule has 0 radical (unpaired) electrons. The fourth-order valence-electron chi connectivity index (χ4n) is 3.48. The van der Waals surface area contributed by atoms with E-state index in [1.807, 2.05) is 6.92 Å². The lowest BCUT2D eigenvalue weighted by atomic mass is 10.0. The van der Waals surface area contributed by atoms with E-state index < -0.39 is 52.1 Å². The maximum absolute atomic E-state index is 14.0. The Kier molecular flexibility index (Phi) is 9.67. The first-order valence-corrected chi connectivity index (χ1v) is 11.4. The predicted molar refractivity (Wildman–Crippen MR) is 130 cm³/mol. The second-order valence-electron chi connectivity index (χ2n) is 8.59. The molecule has 0 aliphatic rings. The highest BCUT2D eigenvalue weighted by Gasteiger charge is 2.22. The van der Waals surface area contributed by atoms with Crippen LogP contribution in [0, 0.1) is 69.5 Å². The summed E-state index contributed by atoms with van der Waals surface area (Å²) in [5.41, 5.74) is -0.581. The van der Waals surface area contributed by atoms with Crippen molar-refractivity contribution < 1.29 is 35.9 Å². The van der Waals surface area contributed by atoms with Gasteiger partial charge in [-0.1, -0.05) is 19.1 Å². The summed E-state index contributed by atoms with van der Waals surface area (Å²) in [6.07, 6.45) is 1.11. The van der Waals surface area contributed by atoms with Crippen molar-refractivity contribution in [2.75, 3.05) is 5.32 Å². The van der Waals surface area contributed by atoms with E-state index in [1.165, 1.54) is 52.0 Å². The van der Waals surface area contributed by atoms with Crippen molar-refractivity contribution in [1.29, 1.82) is 0 Å². The van der Waals surface area contributed by atoms with Gasteiger partial charge in [-0.05, 0) is 64.3 Å². The van der Waals surface area contributed by atoms with Crippen molar-refractivity contribution in [3.8, 4) is 0 Å². The zero-order chi connectivity index (χ0) is 28.2. The number of carbonyl (C=O) groups is 2. The first-order chi connectivity index (χ1) is 17.2. The van der Waals surface area contributed by atoms with E-state index >= 15 is 0 Å². The molecule has 1 amide bonds. The van der Waals surface area contributed by atoms with E-state index in [2.05, 4.69) is 5.32 Å². The van der Waals surface area contributed by atoms with E-state index in [-0.39, 0.29) is 33.6 Å². The fourth-order valence-corrected chi connectivity index (χ4v) is 3.48. The third-order valence-electron chi connectivity index (χ3n) is 6.03. The van der Waals surface area contributed by atoms with Crippen LogP contribution in [0.15, 0.2) is 24.3 Å². The highest BCUT2D eigenvalue weighted by molar-refractivity contribution is 6.05. The molecule has 0 saturated heterocycles. The van der Waals surface area contributed by atoms with Gasteiger partial charge in [0.2, 0.25) is 0 Å². The zero-order valence-electron chi connectivity index (χ0n) is 21.3. The molecule has 1 N–H and O–H groups in total. The highest BCUT2D eigenvalue weighted by Crippen LogP contribution is 2.29. The molecule has 3 aromatic carbocycles. The number of hydrogen-bond donors (Lipinski definition) is 1. The minimum atomic E-state index is -1.33. The Labute approximate surface area is 211 Å².